The maximum Gasteiger partial charge on any atom is 0.321 e. The second-order valence-electron chi connectivity index (χ2n) is 5.49. The second-order valence-corrected chi connectivity index (χ2v) is 7.66. The molecule has 23 heavy (non-hydrogen) atoms. The maximum atomic E-state index is 12.0. The number of rotatable bonds is 6. The summed E-state index contributed by atoms with van der Waals surface area (Å²) in [5, 5.41) is 17.1. The Morgan fingerprint density at radius 1 is 1.48 bits per heavy atom. The number of aliphatic carboxylic acids is 1. The third-order valence-electron chi connectivity index (χ3n) is 3.95. The van der Waals surface area contributed by atoms with E-state index in [0.29, 0.717) is 11.7 Å². The first-order valence-corrected chi connectivity index (χ1v) is 9.12. The quantitative estimate of drug-likeness (QED) is 0.740. The van der Waals surface area contributed by atoms with Crippen LogP contribution in [0.3, 0.4) is 0 Å². The van der Waals surface area contributed by atoms with Gasteiger partial charge in [-0.15, -0.1) is 11.3 Å². The van der Waals surface area contributed by atoms with Crippen LogP contribution in [0.25, 0.3) is 9.53 Å². The van der Waals surface area contributed by atoms with Crippen LogP contribution in [0.5, 0.6) is 0 Å². The van der Waals surface area contributed by atoms with Crippen LogP contribution in [-0.2, 0) is 4.79 Å². The van der Waals surface area contributed by atoms with E-state index in [2.05, 4.69) is 15.6 Å². The molecule has 1 aliphatic rings. The maximum absolute atomic E-state index is 12.0. The highest BCUT2D eigenvalue weighted by Gasteiger charge is 2.34. The van der Waals surface area contributed by atoms with Gasteiger partial charge in [-0.2, -0.15) is 0 Å². The molecule has 3 N–H and O–H groups in total. The van der Waals surface area contributed by atoms with Gasteiger partial charge in [0.1, 0.15) is 4.01 Å². The van der Waals surface area contributed by atoms with Crippen LogP contribution in [0.15, 0.2) is 11.4 Å². The van der Waals surface area contributed by atoms with Gasteiger partial charge in [-0.1, -0.05) is 18.3 Å². The predicted octanol–water partition coefficient (Wildman–Crippen LogP) is 2.42. The number of carboxylic acid groups (broad SMARTS) is 1. The van der Waals surface area contributed by atoms with E-state index in [1.807, 2.05) is 23.3 Å². The van der Waals surface area contributed by atoms with Crippen LogP contribution < -0.4 is 10.6 Å². The first-order chi connectivity index (χ1) is 11.0. The highest BCUT2D eigenvalue weighted by Crippen LogP contribution is 2.30. The van der Waals surface area contributed by atoms with E-state index in [1.165, 1.54) is 11.3 Å². The fourth-order valence-corrected chi connectivity index (χ4v) is 4.55. The van der Waals surface area contributed by atoms with Crippen molar-refractivity contribution < 1.29 is 14.7 Å². The van der Waals surface area contributed by atoms with Gasteiger partial charge in [0, 0.05) is 12.1 Å². The molecule has 0 spiro atoms. The number of urea groups is 1. The summed E-state index contributed by atoms with van der Waals surface area (Å²) in [6.45, 7) is 2.70. The molecule has 0 radical (unpaired) electrons. The molecule has 1 fully saturated rings. The number of thiazole rings is 1. The molecule has 2 aromatic heterocycles. The van der Waals surface area contributed by atoms with Crippen LogP contribution >= 0.6 is 22.7 Å². The molecule has 0 aromatic carbocycles. The summed E-state index contributed by atoms with van der Waals surface area (Å²) >= 11 is 3.07. The number of fused-ring (bicyclic) bond motifs is 1. The number of carboxylic acids is 1. The lowest BCUT2D eigenvalue weighted by molar-refractivity contribution is -0.139. The van der Waals surface area contributed by atoms with Crippen molar-refractivity contribution >= 4 is 49.3 Å². The number of amides is 2. The summed E-state index contributed by atoms with van der Waals surface area (Å²) in [6, 6.07) is 1.99. The van der Waals surface area contributed by atoms with Gasteiger partial charge >= 0.3 is 12.0 Å². The van der Waals surface area contributed by atoms with Crippen molar-refractivity contribution in [3.8, 4) is 0 Å². The highest BCUT2D eigenvalue weighted by molar-refractivity contribution is 7.39. The first-order valence-electron chi connectivity index (χ1n) is 7.42. The zero-order valence-electron chi connectivity index (χ0n) is 12.6. The number of aromatic nitrogens is 1. The Balaban J connectivity index is 1.45. The summed E-state index contributed by atoms with van der Waals surface area (Å²) in [5.41, 5.74) is 0.909. The van der Waals surface area contributed by atoms with Crippen LogP contribution in [0.4, 0.5) is 9.93 Å². The van der Waals surface area contributed by atoms with E-state index >= 15 is 0 Å². The highest BCUT2D eigenvalue weighted by atomic mass is 32.2. The fraction of sp³-hybridized carbons (Fsp3) is 0.500. The number of nitrogens with zero attached hydrogens (tertiary/aromatic N) is 2. The summed E-state index contributed by atoms with van der Waals surface area (Å²) in [4.78, 5) is 29.0. The standard InChI is InChI=1S/C14H18N4O3S2/c1-2-18(7-11(19)20)9-5-8(6-9)15-13(21)17-14-16-10-3-4-22-12(10)23-14/h3-4,8-9H,2,5-7H2,1H3,(H,19,20)(H2,15,16,17,21). The normalized spacial score (nSPS) is 20.4. The Bertz CT molecular complexity index is 679. The van der Waals surface area contributed by atoms with Crippen LogP contribution in [0.1, 0.15) is 19.8 Å². The van der Waals surface area contributed by atoms with Crippen molar-refractivity contribution in [3.63, 3.8) is 0 Å². The zero-order valence-corrected chi connectivity index (χ0v) is 14.2. The summed E-state index contributed by atoms with van der Waals surface area (Å²) < 4.78 is 1.09. The van der Waals surface area contributed by atoms with Gasteiger partial charge in [0.2, 0.25) is 0 Å². The van der Waals surface area contributed by atoms with Crippen LogP contribution in [0, 0.1) is 0 Å². The third kappa shape index (κ3) is 3.80. The second kappa shape index (κ2) is 6.81. The summed E-state index contributed by atoms with van der Waals surface area (Å²) in [7, 11) is 0. The van der Waals surface area contributed by atoms with Crippen molar-refractivity contribution in [2.24, 2.45) is 0 Å². The molecular formula is C14H18N4O3S2. The topological polar surface area (TPSA) is 94.6 Å². The number of anilines is 1. The summed E-state index contributed by atoms with van der Waals surface area (Å²) in [5.74, 6) is -0.815. The van der Waals surface area contributed by atoms with Gasteiger partial charge in [-0.05, 0) is 30.8 Å². The SMILES string of the molecule is CCN(CC(=O)O)C1CC(NC(=O)Nc2nc3ccsc3s2)C1. The van der Waals surface area contributed by atoms with Gasteiger partial charge < -0.3 is 10.4 Å². The molecule has 1 aliphatic carbocycles. The molecular weight excluding hydrogens is 336 g/mol. The Kier molecular flexibility index (Phi) is 4.79. The van der Waals surface area contributed by atoms with Crippen molar-refractivity contribution in [1.82, 2.24) is 15.2 Å². The predicted molar refractivity (Wildman–Crippen MR) is 91.3 cm³/mol. The minimum Gasteiger partial charge on any atom is -0.480 e. The number of carbonyl (C=O) groups is 2. The Morgan fingerprint density at radius 3 is 2.91 bits per heavy atom. The van der Waals surface area contributed by atoms with Gasteiger partial charge in [-0.3, -0.25) is 15.0 Å². The Hall–Kier alpha value is -1.71. The third-order valence-corrected chi connectivity index (χ3v) is 5.97. The van der Waals surface area contributed by atoms with Crippen LogP contribution in [0.2, 0.25) is 0 Å². The average Bonchev–Trinajstić information content (AvgIpc) is 3.00. The molecule has 0 bridgehead atoms. The lowest BCUT2D eigenvalue weighted by atomic mass is 9.85. The van der Waals surface area contributed by atoms with Crippen molar-refractivity contribution in [2.75, 3.05) is 18.4 Å². The first kappa shape index (κ1) is 16.2. The van der Waals surface area contributed by atoms with Gasteiger partial charge in [0.15, 0.2) is 5.13 Å². The molecule has 124 valence electrons. The lowest BCUT2D eigenvalue weighted by Gasteiger charge is -2.42. The number of hydrogen-bond donors (Lipinski definition) is 3. The molecule has 0 atom stereocenters. The minimum absolute atomic E-state index is 0.0515. The number of likely N-dealkylation sites (N-methyl/N-ethyl adjacent to an activating group) is 1. The molecule has 2 amide bonds. The molecule has 0 unspecified atom stereocenters. The smallest absolute Gasteiger partial charge is 0.321 e. The van der Waals surface area contributed by atoms with Crippen LogP contribution in [-0.4, -0.2) is 52.2 Å². The molecule has 1 saturated carbocycles. The number of thiophene rings is 1. The average molecular weight is 354 g/mol. The molecule has 2 heterocycles. The molecule has 9 heteroatoms. The summed E-state index contributed by atoms with van der Waals surface area (Å²) in [6.07, 6.45) is 1.56. The monoisotopic (exact) mass is 354 g/mol. The minimum atomic E-state index is -0.815. The Morgan fingerprint density at radius 2 is 2.26 bits per heavy atom. The molecule has 7 nitrogen and oxygen atoms in total. The largest absolute Gasteiger partial charge is 0.480 e. The number of carbonyl (C=O) groups excluding carboxylic acids is 1. The number of nitrogens with one attached hydrogen (secondary N) is 2. The van der Waals surface area contributed by atoms with Gasteiger partial charge in [0.25, 0.3) is 0 Å². The van der Waals surface area contributed by atoms with Gasteiger partial charge in [0.05, 0.1) is 12.1 Å². The van der Waals surface area contributed by atoms with E-state index in [1.54, 1.807) is 11.3 Å². The van der Waals surface area contributed by atoms with E-state index in [-0.39, 0.29) is 24.7 Å². The van der Waals surface area contributed by atoms with E-state index < -0.39 is 5.97 Å². The van der Waals surface area contributed by atoms with E-state index in [4.69, 9.17) is 5.11 Å². The van der Waals surface area contributed by atoms with Crippen molar-refractivity contribution in [2.45, 2.75) is 31.8 Å². The Labute approximate surface area is 141 Å². The molecule has 2 aromatic rings. The molecule has 0 saturated heterocycles. The lowest BCUT2D eigenvalue weighted by Crippen LogP contribution is -2.55. The zero-order chi connectivity index (χ0) is 16.4. The van der Waals surface area contributed by atoms with Crippen molar-refractivity contribution in [1.29, 1.82) is 0 Å². The van der Waals surface area contributed by atoms with Crippen molar-refractivity contribution in [3.05, 3.63) is 11.4 Å². The van der Waals surface area contributed by atoms with E-state index in [9.17, 15) is 9.59 Å². The molecule has 0 aliphatic heterocycles. The number of hydrogen-bond acceptors (Lipinski definition) is 6. The molecule has 3 rings (SSSR count). The van der Waals surface area contributed by atoms with E-state index in [0.717, 1.165) is 22.4 Å². The van der Waals surface area contributed by atoms with Gasteiger partial charge in [-0.25, -0.2) is 9.78 Å². The fourth-order valence-electron chi connectivity index (χ4n) is 2.72.